The summed E-state index contributed by atoms with van der Waals surface area (Å²) in [7, 11) is 0. The third kappa shape index (κ3) is 4.13. The molecule has 2 rings (SSSR count). The van der Waals surface area contributed by atoms with E-state index in [-0.39, 0.29) is 6.61 Å². The first-order chi connectivity index (χ1) is 9.19. The maximum Gasteiger partial charge on any atom is 0.0897 e. The van der Waals surface area contributed by atoms with Crippen LogP contribution in [-0.4, -0.2) is 16.6 Å². The zero-order valence-electron chi connectivity index (χ0n) is 11.4. The molecule has 0 saturated carbocycles. The monoisotopic (exact) mass is 276 g/mol. The molecule has 102 valence electrons. The molecule has 2 N–H and O–H groups in total. The van der Waals surface area contributed by atoms with Crippen LogP contribution in [-0.2, 0) is 13.0 Å². The van der Waals surface area contributed by atoms with E-state index >= 15 is 0 Å². The fourth-order valence-corrected chi connectivity index (χ4v) is 2.73. The van der Waals surface area contributed by atoms with Crippen molar-refractivity contribution < 1.29 is 5.11 Å². The van der Waals surface area contributed by atoms with Gasteiger partial charge in [-0.2, -0.15) is 0 Å². The van der Waals surface area contributed by atoms with E-state index in [9.17, 15) is 0 Å². The molecule has 0 saturated heterocycles. The van der Waals surface area contributed by atoms with E-state index in [0.29, 0.717) is 6.04 Å². The molecule has 1 aromatic heterocycles. The molecule has 0 fully saturated rings. The summed E-state index contributed by atoms with van der Waals surface area (Å²) in [5.41, 5.74) is 2.25. The standard InChI is InChI=1S/C15H20N2OS/c1-11(15-9-17-12(2)19-15)16-8-7-13-3-5-14(10-18)6-4-13/h3-6,9,11,16,18H,7-8,10H2,1-2H3. The van der Waals surface area contributed by atoms with Crippen molar-refractivity contribution in [3.8, 4) is 0 Å². The van der Waals surface area contributed by atoms with Gasteiger partial charge in [0.2, 0.25) is 0 Å². The van der Waals surface area contributed by atoms with Gasteiger partial charge in [-0.15, -0.1) is 11.3 Å². The van der Waals surface area contributed by atoms with Crippen LogP contribution in [0, 0.1) is 6.92 Å². The summed E-state index contributed by atoms with van der Waals surface area (Å²) in [6.45, 7) is 5.25. The Hall–Kier alpha value is -1.23. The predicted octanol–water partition coefficient (Wildman–Crippen LogP) is 2.84. The Balaban J connectivity index is 1.79. The SMILES string of the molecule is Cc1ncc(C(C)NCCc2ccc(CO)cc2)s1. The first-order valence-corrected chi connectivity index (χ1v) is 7.35. The molecule has 1 unspecified atom stereocenters. The van der Waals surface area contributed by atoms with Gasteiger partial charge in [0.05, 0.1) is 11.6 Å². The molecule has 19 heavy (non-hydrogen) atoms. The number of aromatic nitrogens is 1. The van der Waals surface area contributed by atoms with Crippen LogP contribution in [0.4, 0.5) is 0 Å². The number of aliphatic hydroxyl groups excluding tert-OH is 1. The third-order valence-electron chi connectivity index (χ3n) is 3.14. The van der Waals surface area contributed by atoms with E-state index in [1.54, 1.807) is 11.3 Å². The summed E-state index contributed by atoms with van der Waals surface area (Å²) in [6.07, 6.45) is 2.95. The van der Waals surface area contributed by atoms with E-state index in [2.05, 4.69) is 29.4 Å². The lowest BCUT2D eigenvalue weighted by Crippen LogP contribution is -2.20. The highest BCUT2D eigenvalue weighted by Crippen LogP contribution is 2.19. The smallest absolute Gasteiger partial charge is 0.0897 e. The first-order valence-electron chi connectivity index (χ1n) is 6.53. The summed E-state index contributed by atoms with van der Waals surface area (Å²) in [6, 6.07) is 8.46. The van der Waals surface area contributed by atoms with Crippen LogP contribution in [0.2, 0.25) is 0 Å². The fourth-order valence-electron chi connectivity index (χ4n) is 1.92. The third-order valence-corrected chi connectivity index (χ3v) is 4.23. The predicted molar refractivity (Wildman–Crippen MR) is 79.3 cm³/mol. The number of hydrogen-bond donors (Lipinski definition) is 2. The Morgan fingerprint density at radius 1 is 1.26 bits per heavy atom. The topological polar surface area (TPSA) is 45.2 Å². The van der Waals surface area contributed by atoms with Crippen LogP contribution >= 0.6 is 11.3 Å². The van der Waals surface area contributed by atoms with Gasteiger partial charge in [0.1, 0.15) is 0 Å². The number of nitrogens with one attached hydrogen (secondary N) is 1. The molecule has 2 aromatic rings. The van der Waals surface area contributed by atoms with Crippen LogP contribution in [0.25, 0.3) is 0 Å². The second-order valence-electron chi connectivity index (χ2n) is 4.68. The van der Waals surface area contributed by atoms with Gasteiger partial charge in [-0.05, 0) is 37.9 Å². The average molecular weight is 276 g/mol. The summed E-state index contributed by atoms with van der Waals surface area (Å²) in [5, 5.41) is 13.6. The molecule has 0 amide bonds. The van der Waals surface area contributed by atoms with Gasteiger partial charge in [-0.25, -0.2) is 4.98 Å². The number of aryl methyl sites for hydroxylation is 1. The maximum atomic E-state index is 8.99. The van der Waals surface area contributed by atoms with Crippen molar-refractivity contribution in [2.24, 2.45) is 0 Å². The molecule has 1 aromatic carbocycles. The van der Waals surface area contributed by atoms with Crippen LogP contribution in [0.1, 0.15) is 34.0 Å². The highest BCUT2D eigenvalue weighted by atomic mass is 32.1. The van der Waals surface area contributed by atoms with Crippen LogP contribution in [0.3, 0.4) is 0 Å². The molecule has 4 heteroatoms. The number of thiazole rings is 1. The Labute approximate surface area is 118 Å². The lowest BCUT2D eigenvalue weighted by molar-refractivity contribution is 0.282. The number of hydrogen-bond acceptors (Lipinski definition) is 4. The second kappa shape index (κ2) is 6.80. The van der Waals surface area contributed by atoms with Gasteiger partial charge >= 0.3 is 0 Å². The van der Waals surface area contributed by atoms with E-state index in [4.69, 9.17) is 5.11 Å². The van der Waals surface area contributed by atoms with Gasteiger partial charge < -0.3 is 10.4 Å². The van der Waals surface area contributed by atoms with Crippen molar-refractivity contribution in [3.05, 3.63) is 51.5 Å². The number of nitrogens with zero attached hydrogens (tertiary/aromatic N) is 1. The van der Waals surface area contributed by atoms with Gasteiger partial charge in [-0.3, -0.25) is 0 Å². The minimum atomic E-state index is 0.111. The number of aliphatic hydroxyl groups is 1. The fraction of sp³-hybridized carbons (Fsp3) is 0.400. The highest BCUT2D eigenvalue weighted by molar-refractivity contribution is 7.11. The average Bonchev–Trinajstić information content (AvgIpc) is 2.86. The molecular formula is C15H20N2OS. The zero-order valence-corrected chi connectivity index (χ0v) is 12.2. The quantitative estimate of drug-likeness (QED) is 0.853. The Bertz CT molecular complexity index is 507. The minimum Gasteiger partial charge on any atom is -0.392 e. The molecule has 0 aliphatic rings. The lowest BCUT2D eigenvalue weighted by atomic mass is 10.1. The zero-order chi connectivity index (χ0) is 13.7. The molecule has 0 radical (unpaired) electrons. The summed E-state index contributed by atoms with van der Waals surface area (Å²) < 4.78 is 0. The van der Waals surface area contributed by atoms with E-state index in [1.807, 2.05) is 25.3 Å². The van der Waals surface area contributed by atoms with E-state index in [1.165, 1.54) is 10.4 Å². The summed E-state index contributed by atoms with van der Waals surface area (Å²) in [5.74, 6) is 0. The molecule has 0 spiro atoms. The molecule has 0 bridgehead atoms. The van der Waals surface area contributed by atoms with Gasteiger partial charge in [0.25, 0.3) is 0 Å². The van der Waals surface area contributed by atoms with Crippen molar-refractivity contribution in [2.75, 3.05) is 6.54 Å². The van der Waals surface area contributed by atoms with Gasteiger partial charge in [-0.1, -0.05) is 24.3 Å². The minimum absolute atomic E-state index is 0.111. The largest absolute Gasteiger partial charge is 0.392 e. The second-order valence-corrected chi connectivity index (χ2v) is 5.95. The van der Waals surface area contributed by atoms with E-state index in [0.717, 1.165) is 23.5 Å². The molecule has 1 atom stereocenters. The Kier molecular flexibility index (Phi) is 5.07. The van der Waals surface area contributed by atoms with Crippen LogP contribution in [0.5, 0.6) is 0 Å². The number of rotatable bonds is 6. The van der Waals surface area contributed by atoms with Crippen LogP contribution < -0.4 is 5.32 Å². The molecular weight excluding hydrogens is 256 g/mol. The molecule has 0 aliphatic carbocycles. The molecule has 3 nitrogen and oxygen atoms in total. The normalized spacial score (nSPS) is 12.6. The van der Waals surface area contributed by atoms with Crippen molar-refractivity contribution in [1.82, 2.24) is 10.3 Å². The highest BCUT2D eigenvalue weighted by Gasteiger charge is 2.07. The van der Waals surface area contributed by atoms with Gasteiger partial charge in [0, 0.05) is 17.1 Å². The Morgan fingerprint density at radius 3 is 2.53 bits per heavy atom. The first kappa shape index (κ1) is 14.2. The lowest BCUT2D eigenvalue weighted by Gasteiger charge is -2.11. The van der Waals surface area contributed by atoms with Crippen molar-refractivity contribution in [3.63, 3.8) is 0 Å². The summed E-state index contributed by atoms with van der Waals surface area (Å²) >= 11 is 1.75. The van der Waals surface area contributed by atoms with E-state index < -0.39 is 0 Å². The van der Waals surface area contributed by atoms with Crippen molar-refractivity contribution >= 4 is 11.3 Å². The Morgan fingerprint density at radius 2 is 1.95 bits per heavy atom. The summed E-state index contributed by atoms with van der Waals surface area (Å²) in [4.78, 5) is 5.56. The van der Waals surface area contributed by atoms with Crippen molar-refractivity contribution in [2.45, 2.75) is 32.9 Å². The number of benzene rings is 1. The maximum absolute atomic E-state index is 8.99. The van der Waals surface area contributed by atoms with Crippen molar-refractivity contribution in [1.29, 1.82) is 0 Å². The molecule has 0 aliphatic heterocycles. The van der Waals surface area contributed by atoms with Gasteiger partial charge in [0.15, 0.2) is 0 Å². The molecule has 1 heterocycles. The van der Waals surface area contributed by atoms with Crippen LogP contribution in [0.15, 0.2) is 30.5 Å².